The number of nitrogens with one attached hydrogen (secondary N) is 1. The van der Waals surface area contributed by atoms with Crippen LogP contribution in [-0.4, -0.2) is 33.3 Å². The monoisotopic (exact) mass is 345 g/mol. The Hall–Kier alpha value is -0.810. The number of rotatable bonds is 4. The Morgan fingerprint density at radius 3 is 2.95 bits per heavy atom. The van der Waals surface area contributed by atoms with Gasteiger partial charge in [-0.25, -0.2) is 4.98 Å². The predicted molar refractivity (Wildman–Crippen MR) is 95.2 cm³/mol. The van der Waals surface area contributed by atoms with Gasteiger partial charge in [-0.1, -0.05) is 12.1 Å². The van der Waals surface area contributed by atoms with E-state index in [2.05, 4.69) is 40.0 Å². The molecule has 1 aliphatic heterocycles. The molecule has 22 heavy (non-hydrogen) atoms. The lowest BCUT2D eigenvalue weighted by Gasteiger charge is -2.29. The molecule has 0 amide bonds. The molecule has 2 heterocycles. The van der Waals surface area contributed by atoms with Gasteiger partial charge in [-0.05, 0) is 50.8 Å². The van der Waals surface area contributed by atoms with Crippen LogP contribution in [0.25, 0.3) is 11.0 Å². The molecule has 1 fully saturated rings. The third kappa shape index (κ3) is 4.13. The van der Waals surface area contributed by atoms with E-state index in [1.54, 1.807) is 0 Å². The van der Waals surface area contributed by atoms with Crippen molar-refractivity contribution >= 4 is 35.8 Å². The SMILES string of the molecule is Cc1cccc2ncn(CCC[C@H]3NCCC[C@@H]3O)c12.Cl.Cl. The van der Waals surface area contributed by atoms with Crippen LogP contribution in [0.2, 0.25) is 0 Å². The minimum atomic E-state index is -0.176. The number of nitrogens with zero attached hydrogens (tertiary/aromatic N) is 2. The van der Waals surface area contributed by atoms with Gasteiger partial charge in [-0.2, -0.15) is 0 Å². The van der Waals surface area contributed by atoms with Crippen LogP contribution >= 0.6 is 24.8 Å². The van der Waals surface area contributed by atoms with Gasteiger partial charge < -0.3 is 15.0 Å². The fourth-order valence-electron chi connectivity index (χ4n) is 3.19. The van der Waals surface area contributed by atoms with Crippen LogP contribution in [-0.2, 0) is 6.54 Å². The van der Waals surface area contributed by atoms with E-state index < -0.39 is 0 Å². The summed E-state index contributed by atoms with van der Waals surface area (Å²) in [6.45, 7) is 4.13. The molecule has 0 saturated carbocycles. The summed E-state index contributed by atoms with van der Waals surface area (Å²) in [5, 5.41) is 13.4. The first-order valence-electron chi connectivity index (χ1n) is 7.57. The zero-order chi connectivity index (χ0) is 13.9. The molecular weight excluding hydrogens is 321 g/mol. The average molecular weight is 346 g/mol. The number of benzene rings is 1. The van der Waals surface area contributed by atoms with Crippen molar-refractivity contribution in [3.8, 4) is 0 Å². The van der Waals surface area contributed by atoms with Crippen LogP contribution in [0.3, 0.4) is 0 Å². The Morgan fingerprint density at radius 2 is 2.18 bits per heavy atom. The number of aliphatic hydroxyl groups is 1. The van der Waals surface area contributed by atoms with Gasteiger partial charge in [0, 0.05) is 12.6 Å². The predicted octanol–water partition coefficient (Wildman–Crippen LogP) is 3.08. The van der Waals surface area contributed by atoms with Gasteiger partial charge in [-0.15, -0.1) is 24.8 Å². The van der Waals surface area contributed by atoms with E-state index in [-0.39, 0.29) is 37.0 Å². The van der Waals surface area contributed by atoms with Gasteiger partial charge in [0.2, 0.25) is 0 Å². The molecule has 0 radical (unpaired) electrons. The molecule has 6 heteroatoms. The van der Waals surface area contributed by atoms with Crippen LogP contribution in [0.1, 0.15) is 31.2 Å². The molecule has 2 N–H and O–H groups in total. The number of halogens is 2. The van der Waals surface area contributed by atoms with Crippen molar-refractivity contribution in [2.24, 2.45) is 0 Å². The van der Waals surface area contributed by atoms with E-state index in [0.717, 1.165) is 44.3 Å². The number of piperidine rings is 1. The number of hydrogen-bond donors (Lipinski definition) is 2. The van der Waals surface area contributed by atoms with Crippen molar-refractivity contribution in [3.05, 3.63) is 30.1 Å². The Bertz CT molecular complexity index is 588. The standard InChI is InChI=1S/C16H23N3O.2ClH/c1-12-5-2-6-14-16(12)19(11-18-14)10-4-7-13-15(20)8-3-9-17-13;;/h2,5-6,11,13,15,17,20H,3-4,7-10H2,1H3;2*1H/t13-,15+;;/m1../s1. The summed E-state index contributed by atoms with van der Waals surface area (Å²) in [5.41, 5.74) is 3.58. The number of imidazole rings is 1. The summed E-state index contributed by atoms with van der Waals surface area (Å²) in [7, 11) is 0. The molecule has 2 aromatic rings. The third-order valence-electron chi connectivity index (χ3n) is 4.30. The first kappa shape index (κ1) is 19.2. The smallest absolute Gasteiger partial charge is 0.0958 e. The van der Waals surface area contributed by atoms with Crippen molar-refractivity contribution in [1.82, 2.24) is 14.9 Å². The van der Waals surface area contributed by atoms with Gasteiger partial charge >= 0.3 is 0 Å². The molecule has 1 aliphatic rings. The minimum absolute atomic E-state index is 0. The molecule has 4 nitrogen and oxygen atoms in total. The molecule has 124 valence electrons. The largest absolute Gasteiger partial charge is 0.392 e. The zero-order valence-electron chi connectivity index (χ0n) is 12.9. The summed E-state index contributed by atoms with van der Waals surface area (Å²) >= 11 is 0. The summed E-state index contributed by atoms with van der Waals surface area (Å²) in [6.07, 6.45) is 5.86. The average Bonchev–Trinajstić information content (AvgIpc) is 2.86. The Labute approximate surface area is 144 Å². The van der Waals surface area contributed by atoms with Crippen molar-refractivity contribution in [2.45, 2.75) is 51.3 Å². The normalized spacial score (nSPS) is 21.2. The highest BCUT2D eigenvalue weighted by molar-refractivity contribution is 5.85. The van der Waals surface area contributed by atoms with E-state index in [0.29, 0.717) is 0 Å². The Balaban J connectivity index is 0.00000121. The van der Waals surface area contributed by atoms with Crippen LogP contribution in [0.4, 0.5) is 0 Å². The number of aryl methyl sites for hydroxylation is 2. The maximum absolute atomic E-state index is 9.96. The molecular formula is C16H25Cl2N3O. The summed E-state index contributed by atoms with van der Waals surface area (Å²) in [6, 6.07) is 6.51. The third-order valence-corrected chi connectivity index (χ3v) is 4.30. The molecule has 3 rings (SSSR count). The lowest BCUT2D eigenvalue weighted by molar-refractivity contribution is 0.0909. The highest BCUT2D eigenvalue weighted by Gasteiger charge is 2.21. The lowest BCUT2D eigenvalue weighted by atomic mass is 9.97. The van der Waals surface area contributed by atoms with E-state index in [1.165, 1.54) is 11.1 Å². The number of aliphatic hydroxyl groups excluding tert-OH is 1. The molecule has 1 aromatic heterocycles. The van der Waals surface area contributed by atoms with E-state index >= 15 is 0 Å². The lowest BCUT2D eigenvalue weighted by Crippen LogP contribution is -2.44. The fourth-order valence-corrected chi connectivity index (χ4v) is 3.19. The van der Waals surface area contributed by atoms with Gasteiger partial charge in [0.25, 0.3) is 0 Å². The van der Waals surface area contributed by atoms with Crippen molar-refractivity contribution in [2.75, 3.05) is 6.54 Å². The molecule has 2 atom stereocenters. The van der Waals surface area contributed by atoms with Crippen LogP contribution in [0.15, 0.2) is 24.5 Å². The highest BCUT2D eigenvalue weighted by Crippen LogP contribution is 2.19. The first-order valence-corrected chi connectivity index (χ1v) is 7.57. The zero-order valence-corrected chi connectivity index (χ0v) is 14.5. The Kier molecular flexibility index (Phi) is 7.63. The van der Waals surface area contributed by atoms with E-state index in [9.17, 15) is 5.11 Å². The maximum atomic E-state index is 9.96. The first-order chi connectivity index (χ1) is 9.75. The molecule has 0 aliphatic carbocycles. The van der Waals surface area contributed by atoms with Gasteiger partial charge in [0.15, 0.2) is 0 Å². The van der Waals surface area contributed by atoms with Crippen molar-refractivity contribution < 1.29 is 5.11 Å². The maximum Gasteiger partial charge on any atom is 0.0958 e. The molecule has 0 bridgehead atoms. The molecule has 1 saturated heterocycles. The number of aromatic nitrogens is 2. The van der Waals surface area contributed by atoms with Gasteiger partial charge in [0.05, 0.1) is 23.5 Å². The fraction of sp³-hybridized carbons (Fsp3) is 0.562. The second kappa shape index (κ2) is 8.73. The van der Waals surface area contributed by atoms with Gasteiger partial charge in [-0.3, -0.25) is 0 Å². The quantitative estimate of drug-likeness (QED) is 0.895. The highest BCUT2D eigenvalue weighted by atomic mass is 35.5. The number of hydrogen-bond acceptors (Lipinski definition) is 3. The van der Waals surface area contributed by atoms with Crippen molar-refractivity contribution in [1.29, 1.82) is 0 Å². The van der Waals surface area contributed by atoms with Crippen LogP contribution < -0.4 is 5.32 Å². The van der Waals surface area contributed by atoms with E-state index in [4.69, 9.17) is 0 Å². The number of fused-ring (bicyclic) bond motifs is 1. The molecule has 0 unspecified atom stereocenters. The number of para-hydroxylation sites is 1. The van der Waals surface area contributed by atoms with E-state index in [1.807, 2.05) is 6.33 Å². The molecule has 1 aromatic carbocycles. The van der Waals surface area contributed by atoms with Crippen LogP contribution in [0, 0.1) is 6.92 Å². The summed E-state index contributed by atoms with van der Waals surface area (Å²) in [5.74, 6) is 0. The van der Waals surface area contributed by atoms with Crippen LogP contribution in [0.5, 0.6) is 0 Å². The van der Waals surface area contributed by atoms with Gasteiger partial charge in [0.1, 0.15) is 0 Å². The second-order valence-electron chi connectivity index (χ2n) is 5.79. The molecule has 0 spiro atoms. The second-order valence-corrected chi connectivity index (χ2v) is 5.79. The topological polar surface area (TPSA) is 50.1 Å². The summed E-state index contributed by atoms with van der Waals surface area (Å²) in [4.78, 5) is 4.46. The van der Waals surface area contributed by atoms with Crippen molar-refractivity contribution in [3.63, 3.8) is 0 Å². The summed E-state index contributed by atoms with van der Waals surface area (Å²) < 4.78 is 2.24. The Morgan fingerprint density at radius 1 is 1.36 bits per heavy atom. The minimum Gasteiger partial charge on any atom is -0.392 e.